The van der Waals surface area contributed by atoms with Crippen molar-refractivity contribution in [3.8, 4) is 5.75 Å². The maximum atomic E-state index is 13.1. The van der Waals surface area contributed by atoms with Crippen molar-refractivity contribution in [2.75, 3.05) is 45.5 Å². The molecule has 3 rings (SSSR count). The van der Waals surface area contributed by atoms with Crippen LogP contribution in [0.3, 0.4) is 0 Å². The molecule has 0 bridgehead atoms. The van der Waals surface area contributed by atoms with Crippen LogP contribution in [-0.2, 0) is 14.6 Å². The molecule has 28 heavy (non-hydrogen) atoms. The molecule has 1 aromatic carbocycles. The molecule has 2 aliphatic heterocycles. The van der Waals surface area contributed by atoms with Crippen LogP contribution >= 0.6 is 12.4 Å². The lowest BCUT2D eigenvalue weighted by Crippen LogP contribution is -2.61. The van der Waals surface area contributed by atoms with Crippen molar-refractivity contribution in [2.24, 2.45) is 0 Å². The molecule has 10 heteroatoms. The van der Waals surface area contributed by atoms with Crippen molar-refractivity contribution >= 4 is 34.1 Å². The van der Waals surface area contributed by atoms with E-state index in [4.69, 9.17) is 0 Å². The minimum atomic E-state index is -3.55. The van der Waals surface area contributed by atoms with E-state index in [9.17, 15) is 23.1 Å². The van der Waals surface area contributed by atoms with Gasteiger partial charge in [-0.1, -0.05) is 6.07 Å². The highest BCUT2D eigenvalue weighted by Crippen LogP contribution is 2.30. The van der Waals surface area contributed by atoms with Crippen LogP contribution in [0.1, 0.15) is 23.2 Å². The number of benzene rings is 1. The highest BCUT2D eigenvalue weighted by molar-refractivity contribution is 7.92. The number of amides is 2. The summed E-state index contributed by atoms with van der Waals surface area (Å²) in [5, 5.41) is 12.6. The quantitative estimate of drug-likeness (QED) is 0.711. The van der Waals surface area contributed by atoms with Crippen LogP contribution in [0.15, 0.2) is 24.3 Å². The number of sulfone groups is 1. The highest BCUT2D eigenvalue weighted by atomic mass is 35.5. The predicted octanol–water partition coefficient (Wildman–Crippen LogP) is 0.265. The zero-order valence-electron chi connectivity index (χ0n) is 15.8. The van der Waals surface area contributed by atoms with Crippen molar-refractivity contribution in [3.63, 3.8) is 0 Å². The average Bonchev–Trinajstić information content (AvgIpc) is 2.66. The fourth-order valence-electron chi connectivity index (χ4n) is 3.80. The second-order valence-corrected chi connectivity index (χ2v) is 9.48. The summed E-state index contributed by atoms with van der Waals surface area (Å²) in [6, 6.07) is 6.15. The number of aromatic hydroxyl groups is 1. The van der Waals surface area contributed by atoms with Gasteiger partial charge in [-0.2, -0.15) is 0 Å². The molecule has 0 atom stereocenters. The summed E-state index contributed by atoms with van der Waals surface area (Å²) in [7, 11) is -3.55. The van der Waals surface area contributed by atoms with E-state index >= 15 is 0 Å². The lowest BCUT2D eigenvalue weighted by Gasteiger charge is -2.42. The Morgan fingerprint density at radius 3 is 2.18 bits per heavy atom. The molecule has 2 N–H and O–H groups in total. The molecule has 2 amide bonds. The summed E-state index contributed by atoms with van der Waals surface area (Å²) in [6.07, 6.45) is 1.68. The van der Waals surface area contributed by atoms with Gasteiger partial charge in [-0.15, -0.1) is 12.4 Å². The molecule has 1 aromatic rings. The molecule has 2 fully saturated rings. The summed E-state index contributed by atoms with van der Waals surface area (Å²) in [5.74, 6) is -0.538. The summed E-state index contributed by atoms with van der Waals surface area (Å²) in [4.78, 5) is 28.8. The number of piperidine rings is 1. The van der Waals surface area contributed by atoms with Crippen molar-refractivity contribution in [3.05, 3.63) is 29.8 Å². The van der Waals surface area contributed by atoms with Crippen LogP contribution in [0, 0.1) is 0 Å². The van der Waals surface area contributed by atoms with E-state index in [0.29, 0.717) is 44.8 Å². The summed E-state index contributed by atoms with van der Waals surface area (Å²) in [5.41, 5.74) is 0.390. The van der Waals surface area contributed by atoms with E-state index in [-0.39, 0.29) is 42.8 Å². The largest absolute Gasteiger partial charge is 0.508 e. The number of hydrogen-bond acceptors (Lipinski definition) is 6. The van der Waals surface area contributed by atoms with Gasteiger partial charge in [0, 0.05) is 38.0 Å². The first kappa shape index (κ1) is 22.4. The van der Waals surface area contributed by atoms with E-state index in [1.165, 1.54) is 12.1 Å². The Bertz CT molecular complexity index is 831. The maximum Gasteiger partial charge on any atom is 0.254 e. The number of hydrogen-bond donors (Lipinski definition) is 2. The first-order chi connectivity index (χ1) is 12.7. The Morgan fingerprint density at radius 1 is 1.07 bits per heavy atom. The summed E-state index contributed by atoms with van der Waals surface area (Å²) in [6.45, 7) is 2.25. The molecular formula is C18H26ClN3O5S. The van der Waals surface area contributed by atoms with Crippen LogP contribution in [0.5, 0.6) is 5.75 Å². The number of piperazine rings is 1. The first-order valence-electron chi connectivity index (χ1n) is 9.03. The van der Waals surface area contributed by atoms with Crippen LogP contribution in [0.2, 0.25) is 0 Å². The van der Waals surface area contributed by atoms with Crippen molar-refractivity contribution in [1.29, 1.82) is 0 Å². The number of phenolic OH excluding ortho intramolecular Hbond substituents is 1. The van der Waals surface area contributed by atoms with Crippen molar-refractivity contribution in [1.82, 2.24) is 15.1 Å². The zero-order chi connectivity index (χ0) is 19.7. The Kier molecular flexibility index (Phi) is 6.95. The molecule has 0 unspecified atom stereocenters. The van der Waals surface area contributed by atoms with Crippen LogP contribution in [0.4, 0.5) is 0 Å². The van der Waals surface area contributed by atoms with Crippen molar-refractivity contribution < 1.29 is 23.1 Å². The number of carbonyl (C=O) groups is 2. The highest BCUT2D eigenvalue weighted by Gasteiger charge is 2.50. The fraction of sp³-hybridized carbons (Fsp3) is 0.556. The first-order valence-corrected chi connectivity index (χ1v) is 10.9. The van der Waals surface area contributed by atoms with Crippen LogP contribution < -0.4 is 5.32 Å². The topological polar surface area (TPSA) is 107 Å². The fourth-order valence-corrected chi connectivity index (χ4v) is 5.19. The van der Waals surface area contributed by atoms with Gasteiger partial charge in [-0.05, 0) is 44.1 Å². The third-order valence-electron chi connectivity index (χ3n) is 5.46. The van der Waals surface area contributed by atoms with E-state index in [0.717, 1.165) is 6.26 Å². The Morgan fingerprint density at radius 2 is 1.64 bits per heavy atom. The van der Waals surface area contributed by atoms with Gasteiger partial charge in [0.15, 0.2) is 14.6 Å². The SMILES string of the molecule is CS(=O)(=O)C1(C(=O)N2CCN(C(=O)c3cccc(O)c3)CC2)CCNCC1.Cl. The molecule has 0 spiro atoms. The minimum Gasteiger partial charge on any atom is -0.508 e. The summed E-state index contributed by atoms with van der Waals surface area (Å²) >= 11 is 0. The molecular weight excluding hydrogens is 406 g/mol. The Balaban J connectivity index is 0.00000280. The monoisotopic (exact) mass is 431 g/mol. The standard InChI is InChI=1S/C18H25N3O5S.ClH/c1-27(25,26)18(5-7-19-8-6-18)17(24)21-11-9-20(10-12-21)16(23)14-3-2-4-15(22)13-14;/h2-4,13,19,22H,5-12H2,1H3;1H. The third kappa shape index (κ3) is 4.26. The molecule has 0 radical (unpaired) electrons. The van der Waals surface area contributed by atoms with E-state index in [1.807, 2.05) is 0 Å². The minimum absolute atomic E-state index is 0. The maximum absolute atomic E-state index is 13.1. The average molecular weight is 432 g/mol. The molecule has 2 saturated heterocycles. The Labute approximate surface area is 171 Å². The second kappa shape index (κ2) is 8.67. The molecule has 156 valence electrons. The lowest BCUT2D eigenvalue weighted by atomic mass is 9.94. The van der Waals surface area contributed by atoms with Gasteiger partial charge in [0.25, 0.3) is 5.91 Å². The van der Waals surface area contributed by atoms with Crippen LogP contribution in [-0.4, -0.2) is 85.4 Å². The molecule has 0 saturated carbocycles. The van der Waals surface area contributed by atoms with Gasteiger partial charge in [0.1, 0.15) is 5.75 Å². The van der Waals surface area contributed by atoms with Gasteiger partial charge >= 0.3 is 0 Å². The van der Waals surface area contributed by atoms with E-state index < -0.39 is 14.6 Å². The number of rotatable bonds is 3. The smallest absolute Gasteiger partial charge is 0.254 e. The number of nitrogens with zero attached hydrogens (tertiary/aromatic N) is 2. The third-order valence-corrected chi connectivity index (χ3v) is 7.46. The van der Waals surface area contributed by atoms with Gasteiger partial charge in [0.05, 0.1) is 0 Å². The van der Waals surface area contributed by atoms with Gasteiger partial charge in [-0.3, -0.25) is 9.59 Å². The van der Waals surface area contributed by atoms with Crippen molar-refractivity contribution in [2.45, 2.75) is 17.6 Å². The van der Waals surface area contributed by atoms with Crippen LogP contribution in [0.25, 0.3) is 0 Å². The number of phenols is 1. The van der Waals surface area contributed by atoms with Gasteiger partial charge < -0.3 is 20.2 Å². The van der Waals surface area contributed by atoms with E-state index in [2.05, 4.69) is 5.32 Å². The Hall–Kier alpha value is -1.84. The number of carbonyl (C=O) groups excluding carboxylic acids is 2. The second-order valence-electron chi connectivity index (χ2n) is 7.15. The lowest BCUT2D eigenvalue weighted by molar-refractivity contribution is -0.136. The van der Waals surface area contributed by atoms with E-state index in [1.54, 1.807) is 21.9 Å². The normalized spacial score (nSPS) is 19.6. The number of halogens is 1. The zero-order valence-corrected chi connectivity index (χ0v) is 17.4. The number of nitrogens with one attached hydrogen (secondary N) is 1. The molecule has 0 aromatic heterocycles. The van der Waals surface area contributed by atoms with Gasteiger partial charge in [-0.25, -0.2) is 8.42 Å². The van der Waals surface area contributed by atoms with Gasteiger partial charge in [0.2, 0.25) is 5.91 Å². The molecule has 8 nitrogen and oxygen atoms in total. The predicted molar refractivity (Wildman–Crippen MR) is 108 cm³/mol. The molecule has 2 heterocycles. The molecule has 0 aliphatic carbocycles. The molecule has 2 aliphatic rings. The summed E-state index contributed by atoms with van der Waals surface area (Å²) < 4.78 is 23.5.